The highest BCUT2D eigenvalue weighted by molar-refractivity contribution is 6.74. The minimum atomic E-state index is -1.95. The van der Waals surface area contributed by atoms with E-state index in [-0.39, 0.29) is 5.04 Å². The van der Waals surface area contributed by atoms with Gasteiger partial charge in [-0.05, 0) is 30.3 Å². The van der Waals surface area contributed by atoms with Gasteiger partial charge in [-0.2, -0.15) is 5.26 Å². The van der Waals surface area contributed by atoms with Crippen molar-refractivity contribution in [2.45, 2.75) is 45.0 Å². The van der Waals surface area contributed by atoms with Gasteiger partial charge in [0.05, 0.1) is 0 Å². The van der Waals surface area contributed by atoms with Gasteiger partial charge in [-0.1, -0.05) is 50.8 Å². The monoisotopic (exact) mass is 271 g/mol. The van der Waals surface area contributed by atoms with Crippen LogP contribution < -0.4 is 0 Å². The van der Waals surface area contributed by atoms with Gasteiger partial charge in [-0.15, -0.1) is 0 Å². The first kappa shape index (κ1) is 15.5. The average Bonchev–Trinajstić information content (AvgIpc) is 2.34. The Bertz CT molecular complexity index is 512. The molecule has 0 saturated carbocycles. The Morgan fingerprint density at radius 2 is 1.74 bits per heavy atom. The number of nitrogens with zero attached hydrogens (tertiary/aromatic N) is 1. The van der Waals surface area contributed by atoms with E-state index in [2.05, 4.69) is 51.8 Å². The molecule has 0 aliphatic rings. The van der Waals surface area contributed by atoms with Crippen molar-refractivity contribution in [1.29, 1.82) is 5.26 Å². The van der Waals surface area contributed by atoms with Crippen LogP contribution in [0.25, 0.3) is 0 Å². The fourth-order valence-electron chi connectivity index (χ4n) is 1.23. The number of rotatable bonds is 2. The van der Waals surface area contributed by atoms with Gasteiger partial charge in [0.1, 0.15) is 6.07 Å². The maximum absolute atomic E-state index is 9.18. The molecule has 2 nitrogen and oxygen atoms in total. The number of nitriles is 1. The topological polar surface area (TPSA) is 33.0 Å². The molecule has 3 heteroatoms. The van der Waals surface area contributed by atoms with Crippen LogP contribution in [-0.2, 0) is 4.43 Å². The van der Waals surface area contributed by atoms with Gasteiger partial charge in [0.25, 0.3) is 0 Å². The van der Waals surface area contributed by atoms with Crippen molar-refractivity contribution >= 4 is 8.32 Å². The van der Waals surface area contributed by atoms with E-state index in [0.717, 1.165) is 5.56 Å². The van der Waals surface area contributed by atoms with Crippen LogP contribution in [0.15, 0.2) is 30.3 Å². The van der Waals surface area contributed by atoms with Crippen molar-refractivity contribution in [3.63, 3.8) is 0 Å². The molecule has 100 valence electrons. The van der Waals surface area contributed by atoms with Gasteiger partial charge in [-0.25, -0.2) is 0 Å². The lowest BCUT2D eigenvalue weighted by Gasteiger charge is -2.36. The average molecular weight is 271 g/mol. The van der Waals surface area contributed by atoms with Gasteiger partial charge >= 0.3 is 0 Å². The number of benzene rings is 1. The largest absolute Gasteiger partial charge is 0.392 e. The zero-order valence-corrected chi connectivity index (χ0v) is 13.3. The van der Waals surface area contributed by atoms with E-state index in [1.807, 2.05) is 30.3 Å². The molecule has 19 heavy (non-hydrogen) atoms. The Labute approximate surface area is 117 Å². The molecule has 1 aromatic carbocycles. The fourth-order valence-corrected chi connectivity index (χ4v) is 2.28. The summed E-state index contributed by atoms with van der Waals surface area (Å²) in [6, 6.07) is 11.8. The van der Waals surface area contributed by atoms with Gasteiger partial charge in [0.2, 0.25) is 0 Å². The van der Waals surface area contributed by atoms with Crippen molar-refractivity contribution in [2.75, 3.05) is 0 Å². The van der Waals surface area contributed by atoms with Crippen LogP contribution >= 0.6 is 0 Å². The van der Waals surface area contributed by atoms with E-state index in [4.69, 9.17) is 4.43 Å². The summed E-state index contributed by atoms with van der Waals surface area (Å²) in [6.45, 7) is 10.7. The Balaban J connectivity index is 2.83. The Morgan fingerprint density at radius 1 is 1.16 bits per heavy atom. The first-order valence-corrected chi connectivity index (χ1v) is 9.31. The molecular formula is C16H21NOSi. The maximum atomic E-state index is 9.18. The Kier molecular flexibility index (Phi) is 4.95. The summed E-state index contributed by atoms with van der Waals surface area (Å²) in [5, 5.41) is 9.26. The summed E-state index contributed by atoms with van der Waals surface area (Å²) >= 11 is 0. The highest BCUT2D eigenvalue weighted by atomic mass is 28.4. The summed E-state index contributed by atoms with van der Waals surface area (Å²) in [6.07, 6.45) is -0.652. The smallest absolute Gasteiger partial charge is 0.196 e. The Hall–Kier alpha value is -1.55. The molecule has 0 aliphatic carbocycles. The standard InChI is InChI=1S/C16H21NOSi/c1-16(2,3)19(4,5)18-15(13-17)12-11-14-9-7-6-8-10-14/h6-10,15H,1-5H3/t15-/m1/s1. The third-order valence-electron chi connectivity index (χ3n) is 3.46. The van der Waals surface area contributed by atoms with Crippen molar-refractivity contribution < 1.29 is 4.43 Å². The van der Waals surface area contributed by atoms with Crippen LogP contribution in [-0.4, -0.2) is 14.4 Å². The summed E-state index contributed by atoms with van der Waals surface area (Å²) < 4.78 is 5.98. The third kappa shape index (κ3) is 4.56. The zero-order chi connectivity index (χ0) is 14.5. The minimum absolute atomic E-state index is 0.0799. The lowest BCUT2D eigenvalue weighted by atomic mass is 10.2. The molecule has 1 rings (SSSR count). The highest BCUT2D eigenvalue weighted by Gasteiger charge is 2.38. The third-order valence-corrected chi connectivity index (χ3v) is 7.89. The van der Waals surface area contributed by atoms with E-state index in [1.54, 1.807) is 0 Å². The summed E-state index contributed by atoms with van der Waals surface area (Å²) in [4.78, 5) is 0. The molecule has 0 bridgehead atoms. The molecule has 0 aromatic heterocycles. The SMILES string of the molecule is CC(C)(C)[Si](C)(C)O[C@@H](C#N)C#Cc1ccccc1. The van der Waals surface area contributed by atoms with Gasteiger partial charge in [-0.3, -0.25) is 0 Å². The highest BCUT2D eigenvalue weighted by Crippen LogP contribution is 2.37. The van der Waals surface area contributed by atoms with Crippen LogP contribution in [0.3, 0.4) is 0 Å². The van der Waals surface area contributed by atoms with Gasteiger partial charge < -0.3 is 4.43 Å². The molecule has 1 aromatic rings. The van der Waals surface area contributed by atoms with Crippen molar-refractivity contribution in [3.05, 3.63) is 35.9 Å². The summed E-state index contributed by atoms with van der Waals surface area (Å²) in [5.74, 6) is 5.91. The predicted molar refractivity (Wildman–Crippen MR) is 81.0 cm³/mol. The molecule has 0 heterocycles. The second-order valence-corrected chi connectivity index (χ2v) is 10.8. The van der Waals surface area contributed by atoms with E-state index >= 15 is 0 Å². The van der Waals surface area contributed by atoms with Gasteiger partial charge in [0, 0.05) is 5.56 Å². The number of hydrogen-bond donors (Lipinski definition) is 0. The van der Waals surface area contributed by atoms with Crippen LogP contribution in [0.1, 0.15) is 26.3 Å². The molecule has 0 amide bonds. The quantitative estimate of drug-likeness (QED) is 0.602. The molecule has 0 aliphatic heterocycles. The normalized spacial score (nSPS) is 13.1. The zero-order valence-electron chi connectivity index (χ0n) is 12.3. The molecular weight excluding hydrogens is 250 g/mol. The maximum Gasteiger partial charge on any atom is 0.196 e. The molecule has 0 unspecified atom stereocenters. The Morgan fingerprint density at radius 3 is 2.21 bits per heavy atom. The van der Waals surface area contributed by atoms with E-state index in [0.29, 0.717) is 0 Å². The van der Waals surface area contributed by atoms with E-state index in [1.165, 1.54) is 0 Å². The van der Waals surface area contributed by atoms with Crippen molar-refractivity contribution in [1.82, 2.24) is 0 Å². The molecule has 0 spiro atoms. The molecule has 0 saturated heterocycles. The second kappa shape index (κ2) is 6.06. The first-order valence-electron chi connectivity index (χ1n) is 6.40. The molecule has 0 fully saturated rings. The summed E-state index contributed by atoms with van der Waals surface area (Å²) in [7, 11) is -1.95. The van der Waals surface area contributed by atoms with Crippen LogP contribution in [0.5, 0.6) is 0 Å². The second-order valence-electron chi connectivity index (χ2n) is 6.02. The number of hydrogen-bond acceptors (Lipinski definition) is 2. The fraction of sp³-hybridized carbons (Fsp3) is 0.438. The minimum Gasteiger partial charge on any atom is -0.392 e. The van der Waals surface area contributed by atoms with Crippen LogP contribution in [0, 0.1) is 23.2 Å². The molecule has 1 atom stereocenters. The van der Waals surface area contributed by atoms with Crippen molar-refractivity contribution in [2.24, 2.45) is 0 Å². The molecule has 0 radical (unpaired) electrons. The van der Waals surface area contributed by atoms with E-state index in [9.17, 15) is 5.26 Å². The molecule has 0 N–H and O–H groups in total. The predicted octanol–water partition coefficient (Wildman–Crippen LogP) is 3.95. The van der Waals surface area contributed by atoms with E-state index < -0.39 is 14.4 Å². The first-order chi connectivity index (χ1) is 8.76. The summed E-state index contributed by atoms with van der Waals surface area (Å²) in [5.41, 5.74) is 0.904. The van der Waals surface area contributed by atoms with Gasteiger partial charge in [0.15, 0.2) is 14.4 Å². The lowest BCUT2D eigenvalue weighted by Crippen LogP contribution is -2.43. The lowest BCUT2D eigenvalue weighted by molar-refractivity contribution is 0.281. The van der Waals surface area contributed by atoms with Crippen LogP contribution in [0.2, 0.25) is 18.1 Å². The van der Waals surface area contributed by atoms with Crippen molar-refractivity contribution in [3.8, 4) is 17.9 Å². The van der Waals surface area contributed by atoms with Crippen LogP contribution in [0.4, 0.5) is 0 Å².